The third kappa shape index (κ3) is 1.96. The number of carbonyl (C=O) groups excluding carboxylic acids is 1. The van der Waals surface area contributed by atoms with E-state index in [9.17, 15) is 13.2 Å². The van der Waals surface area contributed by atoms with E-state index in [2.05, 4.69) is 10.1 Å². The monoisotopic (exact) mass is 181 g/mol. The number of aldehydes is 1. The molecule has 2 unspecified atom stereocenters. The summed E-state index contributed by atoms with van der Waals surface area (Å²) in [6.45, 7) is -0.0338. The van der Waals surface area contributed by atoms with E-state index >= 15 is 0 Å². The number of ether oxygens (including phenoxy) is 1. The molecule has 0 amide bonds. The van der Waals surface area contributed by atoms with Crippen molar-refractivity contribution in [2.24, 2.45) is 0 Å². The standard InChI is InChI=1S/C4H7NO5S/c6-1-3-2-10-4(5-3)11(7,8)9/h1,3-5H,2H2,(H,7,8,9). The van der Waals surface area contributed by atoms with Gasteiger partial charge in [-0.15, -0.1) is 0 Å². The predicted octanol–water partition coefficient (Wildman–Crippen LogP) is -1.65. The van der Waals surface area contributed by atoms with Crippen LogP contribution in [-0.2, 0) is 19.6 Å². The fourth-order valence-electron chi connectivity index (χ4n) is 0.713. The van der Waals surface area contributed by atoms with Crippen molar-refractivity contribution in [2.45, 2.75) is 11.6 Å². The van der Waals surface area contributed by atoms with Gasteiger partial charge in [0, 0.05) is 0 Å². The Morgan fingerprint density at radius 2 is 2.27 bits per heavy atom. The predicted molar refractivity (Wildman–Crippen MR) is 34.3 cm³/mol. The second-order valence-electron chi connectivity index (χ2n) is 2.09. The summed E-state index contributed by atoms with van der Waals surface area (Å²) in [5, 5.41) is 2.25. The molecule has 0 aromatic carbocycles. The SMILES string of the molecule is O=CC1COC(S(=O)(=O)O)N1. The maximum Gasteiger partial charge on any atom is 0.306 e. The van der Waals surface area contributed by atoms with Gasteiger partial charge in [-0.05, 0) is 0 Å². The van der Waals surface area contributed by atoms with Crippen LogP contribution in [0, 0.1) is 0 Å². The lowest BCUT2D eigenvalue weighted by molar-refractivity contribution is -0.109. The van der Waals surface area contributed by atoms with Crippen LogP contribution in [0.2, 0.25) is 0 Å². The molecule has 0 aliphatic carbocycles. The summed E-state index contributed by atoms with van der Waals surface area (Å²) in [6, 6.07) is -0.651. The molecule has 1 aliphatic heterocycles. The fourth-order valence-corrected chi connectivity index (χ4v) is 1.31. The van der Waals surface area contributed by atoms with E-state index in [4.69, 9.17) is 4.55 Å². The largest absolute Gasteiger partial charge is 0.345 e. The zero-order valence-electron chi connectivity index (χ0n) is 5.43. The first-order valence-corrected chi connectivity index (χ1v) is 4.33. The molecule has 64 valence electrons. The zero-order chi connectivity index (χ0) is 8.48. The molecule has 1 aliphatic rings. The lowest BCUT2D eigenvalue weighted by Crippen LogP contribution is -2.36. The molecule has 0 aromatic rings. The van der Waals surface area contributed by atoms with Gasteiger partial charge in [0.2, 0.25) is 5.56 Å². The highest BCUT2D eigenvalue weighted by molar-refractivity contribution is 7.86. The maximum atomic E-state index is 10.3. The molecule has 0 spiro atoms. The molecule has 1 fully saturated rings. The average Bonchev–Trinajstić information content (AvgIpc) is 2.32. The Morgan fingerprint density at radius 1 is 1.64 bits per heavy atom. The van der Waals surface area contributed by atoms with Crippen molar-refractivity contribution in [1.82, 2.24) is 5.32 Å². The van der Waals surface area contributed by atoms with E-state index in [1.807, 2.05) is 0 Å². The highest BCUT2D eigenvalue weighted by Crippen LogP contribution is 2.05. The van der Waals surface area contributed by atoms with Crippen LogP contribution in [0.4, 0.5) is 0 Å². The van der Waals surface area contributed by atoms with Crippen molar-refractivity contribution < 1.29 is 22.5 Å². The number of nitrogens with one attached hydrogen (secondary N) is 1. The summed E-state index contributed by atoms with van der Waals surface area (Å²) in [5.41, 5.74) is -1.46. The number of hydrogen-bond donors (Lipinski definition) is 2. The Hall–Kier alpha value is -0.500. The van der Waals surface area contributed by atoms with Crippen molar-refractivity contribution in [3.63, 3.8) is 0 Å². The Balaban J connectivity index is 2.62. The summed E-state index contributed by atoms with van der Waals surface area (Å²) >= 11 is 0. The summed E-state index contributed by atoms with van der Waals surface area (Å²) in [5.74, 6) is 0. The minimum absolute atomic E-state index is 0.0338. The Labute approximate surface area is 63.3 Å². The average molecular weight is 181 g/mol. The smallest absolute Gasteiger partial charge is 0.306 e. The molecule has 2 atom stereocenters. The van der Waals surface area contributed by atoms with Crippen molar-refractivity contribution in [1.29, 1.82) is 0 Å². The lowest BCUT2D eigenvalue weighted by atomic mass is 10.4. The molecular weight excluding hydrogens is 174 g/mol. The molecule has 1 heterocycles. The van der Waals surface area contributed by atoms with Gasteiger partial charge in [0.1, 0.15) is 6.29 Å². The molecule has 7 heteroatoms. The Bertz CT molecular complexity index is 247. The van der Waals surface area contributed by atoms with Crippen molar-refractivity contribution in [3.8, 4) is 0 Å². The van der Waals surface area contributed by atoms with Crippen LogP contribution in [0.5, 0.6) is 0 Å². The molecule has 1 saturated heterocycles. The first-order valence-electron chi connectivity index (χ1n) is 2.83. The molecule has 1 rings (SSSR count). The molecule has 2 N–H and O–H groups in total. The highest BCUT2D eigenvalue weighted by atomic mass is 32.2. The number of rotatable bonds is 2. The van der Waals surface area contributed by atoms with Crippen LogP contribution in [0.15, 0.2) is 0 Å². The van der Waals surface area contributed by atoms with Gasteiger partial charge in [-0.2, -0.15) is 8.42 Å². The summed E-state index contributed by atoms with van der Waals surface area (Å²) in [7, 11) is -4.24. The second kappa shape index (κ2) is 2.86. The van der Waals surface area contributed by atoms with Gasteiger partial charge in [-0.3, -0.25) is 9.87 Å². The maximum absolute atomic E-state index is 10.3. The molecule has 0 bridgehead atoms. The van der Waals surface area contributed by atoms with Gasteiger partial charge < -0.3 is 9.53 Å². The fraction of sp³-hybridized carbons (Fsp3) is 0.750. The van der Waals surface area contributed by atoms with E-state index < -0.39 is 21.7 Å². The number of hydrogen-bond acceptors (Lipinski definition) is 5. The molecule has 0 saturated carbocycles. The van der Waals surface area contributed by atoms with Crippen LogP contribution in [0.25, 0.3) is 0 Å². The molecule has 0 aromatic heterocycles. The van der Waals surface area contributed by atoms with Gasteiger partial charge >= 0.3 is 10.1 Å². The zero-order valence-corrected chi connectivity index (χ0v) is 6.24. The minimum atomic E-state index is -4.24. The molecular formula is C4H7NO5S. The third-order valence-electron chi connectivity index (χ3n) is 1.21. The lowest BCUT2D eigenvalue weighted by Gasteiger charge is -2.04. The van der Waals surface area contributed by atoms with Gasteiger partial charge in [-0.1, -0.05) is 0 Å². The van der Waals surface area contributed by atoms with E-state index in [0.29, 0.717) is 6.29 Å². The Morgan fingerprint density at radius 3 is 2.55 bits per heavy atom. The highest BCUT2D eigenvalue weighted by Gasteiger charge is 2.32. The van der Waals surface area contributed by atoms with Crippen LogP contribution in [-0.4, -0.2) is 37.5 Å². The quantitative estimate of drug-likeness (QED) is 0.391. The third-order valence-corrected chi connectivity index (χ3v) is 2.03. The molecule has 6 nitrogen and oxygen atoms in total. The second-order valence-corrected chi connectivity index (χ2v) is 3.55. The normalized spacial score (nSPS) is 32.1. The van der Waals surface area contributed by atoms with Crippen molar-refractivity contribution in [3.05, 3.63) is 0 Å². The van der Waals surface area contributed by atoms with Crippen LogP contribution in [0.3, 0.4) is 0 Å². The van der Waals surface area contributed by atoms with E-state index in [0.717, 1.165) is 0 Å². The summed E-state index contributed by atoms with van der Waals surface area (Å²) in [4.78, 5) is 10.1. The number of carbonyl (C=O) groups is 1. The van der Waals surface area contributed by atoms with E-state index in [1.54, 1.807) is 0 Å². The van der Waals surface area contributed by atoms with Gasteiger partial charge in [0.05, 0.1) is 12.6 Å². The Kier molecular flexibility index (Phi) is 2.23. The summed E-state index contributed by atoms with van der Waals surface area (Å²) in [6.07, 6.45) is 0.519. The van der Waals surface area contributed by atoms with Crippen molar-refractivity contribution >= 4 is 16.4 Å². The topological polar surface area (TPSA) is 92.7 Å². The van der Waals surface area contributed by atoms with Gasteiger partial charge in [0.25, 0.3) is 0 Å². The summed E-state index contributed by atoms with van der Waals surface area (Å²) < 4.78 is 33.6. The minimum Gasteiger partial charge on any atom is -0.345 e. The van der Waals surface area contributed by atoms with Crippen LogP contribution in [0.1, 0.15) is 0 Å². The van der Waals surface area contributed by atoms with Crippen LogP contribution < -0.4 is 5.32 Å². The van der Waals surface area contributed by atoms with Gasteiger partial charge in [0.15, 0.2) is 0 Å². The van der Waals surface area contributed by atoms with Crippen molar-refractivity contribution in [2.75, 3.05) is 6.61 Å². The van der Waals surface area contributed by atoms with E-state index in [-0.39, 0.29) is 6.61 Å². The van der Waals surface area contributed by atoms with E-state index in [1.165, 1.54) is 0 Å². The molecule has 11 heavy (non-hydrogen) atoms. The molecule has 0 radical (unpaired) electrons. The first kappa shape index (κ1) is 8.60. The first-order chi connectivity index (χ1) is 5.04. The van der Waals surface area contributed by atoms with Gasteiger partial charge in [-0.25, -0.2) is 0 Å². The van der Waals surface area contributed by atoms with Crippen LogP contribution >= 0.6 is 0 Å².